The van der Waals surface area contributed by atoms with E-state index in [1.54, 1.807) is 33.0 Å². The summed E-state index contributed by atoms with van der Waals surface area (Å²) in [6.07, 6.45) is 4.81. The molecule has 4 amide bonds. The van der Waals surface area contributed by atoms with Crippen LogP contribution in [0.3, 0.4) is 0 Å². The van der Waals surface area contributed by atoms with E-state index in [2.05, 4.69) is 39.7 Å². The lowest BCUT2D eigenvalue weighted by atomic mass is 10.1. The van der Waals surface area contributed by atoms with Crippen LogP contribution in [0, 0.1) is 0 Å². The van der Waals surface area contributed by atoms with E-state index in [0.717, 1.165) is 24.1 Å². The lowest BCUT2D eigenvalue weighted by Crippen LogP contribution is -2.54. The molecular formula is C34H61N5O8. The summed E-state index contributed by atoms with van der Waals surface area (Å²) in [5.74, 6) is -5.35. The van der Waals surface area contributed by atoms with Gasteiger partial charge in [0.15, 0.2) is 0 Å². The molecular weight excluding hydrogens is 606 g/mol. The maximum atomic E-state index is 13.0. The van der Waals surface area contributed by atoms with E-state index in [9.17, 15) is 33.9 Å². The minimum atomic E-state index is -1.68. The molecule has 3 unspecified atom stereocenters. The fourth-order valence-corrected chi connectivity index (χ4v) is 3.84. The summed E-state index contributed by atoms with van der Waals surface area (Å²) in [5, 5.41) is 31.7. The molecule has 0 fully saturated rings. The number of carbonyl (C=O) groups excluding carboxylic acids is 4. The Kier molecular flexibility index (Phi) is 29.7. The number of carboxylic acid groups (broad SMARTS) is 2. The number of nitrogens with one attached hydrogen (secondary N) is 5. The standard InChI is InChI=1S/C30H49N5O8.2C2H6/c1-19(2)13-14-21(5)10-9-12-25(36)33-23(15-16-27(38)39)29(41)35-24(30(42)43)18-26(37)34-22(11-7-8-17-31-6)28(40)32-20(3)4;2*1-2/h13-14,20,22-24,31H,1,5,7-12,15-18H2,2-4,6H3,(H,32,40)(H,33,36)(H,34,37)(H,35,41)(H,38,39)(H,42,43);2*1-2H3/b14-13-;;. The first kappa shape index (κ1) is 47.4. The van der Waals surface area contributed by atoms with Gasteiger partial charge in [0.05, 0.1) is 6.42 Å². The molecule has 0 spiro atoms. The number of unbranched alkanes of at least 4 members (excludes halogenated alkanes) is 1. The molecule has 0 aliphatic carbocycles. The summed E-state index contributed by atoms with van der Waals surface area (Å²) in [5.41, 5.74) is 1.63. The summed E-state index contributed by atoms with van der Waals surface area (Å²) in [6.45, 7) is 21.7. The zero-order valence-corrected chi connectivity index (χ0v) is 29.8. The molecule has 0 rings (SSSR count). The summed E-state index contributed by atoms with van der Waals surface area (Å²) < 4.78 is 0. The van der Waals surface area contributed by atoms with Crippen LogP contribution in [0.5, 0.6) is 0 Å². The van der Waals surface area contributed by atoms with Crippen molar-refractivity contribution >= 4 is 35.6 Å². The molecule has 0 heterocycles. The summed E-state index contributed by atoms with van der Waals surface area (Å²) in [4.78, 5) is 73.9. The normalized spacial score (nSPS) is 12.2. The number of carboxylic acids is 2. The van der Waals surface area contributed by atoms with Crippen LogP contribution in [-0.2, 0) is 28.8 Å². The monoisotopic (exact) mass is 667 g/mol. The predicted octanol–water partition coefficient (Wildman–Crippen LogP) is 3.61. The molecule has 0 aliphatic rings. The van der Waals surface area contributed by atoms with E-state index in [-0.39, 0.29) is 18.9 Å². The van der Waals surface area contributed by atoms with Crippen LogP contribution in [0.4, 0.5) is 0 Å². The smallest absolute Gasteiger partial charge is 0.326 e. The highest BCUT2D eigenvalue weighted by atomic mass is 16.4. The number of amides is 4. The Morgan fingerprint density at radius 1 is 0.681 bits per heavy atom. The maximum absolute atomic E-state index is 13.0. The number of aliphatic carboxylic acids is 2. The Morgan fingerprint density at radius 3 is 1.74 bits per heavy atom. The summed E-state index contributed by atoms with van der Waals surface area (Å²) in [6, 6.07) is -4.09. The highest BCUT2D eigenvalue weighted by Gasteiger charge is 2.30. The van der Waals surface area contributed by atoms with E-state index < -0.39 is 66.5 Å². The van der Waals surface area contributed by atoms with Crippen LogP contribution in [0.1, 0.15) is 106 Å². The van der Waals surface area contributed by atoms with E-state index >= 15 is 0 Å². The van der Waals surface area contributed by atoms with Crippen molar-refractivity contribution in [3.05, 3.63) is 36.5 Å². The lowest BCUT2D eigenvalue weighted by molar-refractivity contribution is -0.144. The van der Waals surface area contributed by atoms with Gasteiger partial charge in [0.2, 0.25) is 23.6 Å². The molecule has 0 aromatic heterocycles. The minimum Gasteiger partial charge on any atom is -0.481 e. The predicted molar refractivity (Wildman–Crippen MR) is 186 cm³/mol. The van der Waals surface area contributed by atoms with Crippen molar-refractivity contribution in [1.82, 2.24) is 26.6 Å². The number of carbonyl (C=O) groups is 6. The second kappa shape index (κ2) is 29.4. The zero-order chi connectivity index (χ0) is 36.9. The van der Waals surface area contributed by atoms with Gasteiger partial charge in [0, 0.05) is 18.9 Å². The average molecular weight is 668 g/mol. The number of hydrogen-bond donors (Lipinski definition) is 7. The summed E-state index contributed by atoms with van der Waals surface area (Å²) in [7, 11) is 1.80. The Labute approximate surface area is 281 Å². The van der Waals surface area contributed by atoms with Crippen LogP contribution >= 0.6 is 0 Å². The van der Waals surface area contributed by atoms with Gasteiger partial charge < -0.3 is 36.8 Å². The highest BCUT2D eigenvalue weighted by molar-refractivity contribution is 5.94. The molecule has 7 N–H and O–H groups in total. The third-order valence-electron chi connectivity index (χ3n) is 6.06. The van der Waals surface area contributed by atoms with Crippen molar-refractivity contribution in [2.75, 3.05) is 13.6 Å². The minimum absolute atomic E-state index is 0.0235. The third kappa shape index (κ3) is 26.9. The Morgan fingerprint density at radius 2 is 1.23 bits per heavy atom. The fraction of sp³-hybridized carbons (Fsp3) is 0.647. The van der Waals surface area contributed by atoms with E-state index in [0.29, 0.717) is 25.7 Å². The largest absolute Gasteiger partial charge is 0.481 e. The first-order valence-electron chi connectivity index (χ1n) is 16.5. The van der Waals surface area contributed by atoms with Gasteiger partial charge >= 0.3 is 11.9 Å². The highest BCUT2D eigenvalue weighted by Crippen LogP contribution is 2.09. The van der Waals surface area contributed by atoms with Gasteiger partial charge in [0.1, 0.15) is 18.1 Å². The third-order valence-corrected chi connectivity index (χ3v) is 6.06. The van der Waals surface area contributed by atoms with Gasteiger partial charge in [-0.2, -0.15) is 0 Å². The molecule has 13 heteroatoms. The van der Waals surface area contributed by atoms with Crippen molar-refractivity contribution in [3.63, 3.8) is 0 Å². The molecule has 0 aliphatic heterocycles. The Balaban J connectivity index is -0.00000464. The second-order valence-corrected chi connectivity index (χ2v) is 10.7. The number of rotatable bonds is 23. The molecule has 270 valence electrons. The molecule has 0 aromatic carbocycles. The fourth-order valence-electron chi connectivity index (χ4n) is 3.84. The maximum Gasteiger partial charge on any atom is 0.326 e. The average Bonchev–Trinajstić information content (AvgIpc) is 3.00. The van der Waals surface area contributed by atoms with E-state index in [1.165, 1.54) is 0 Å². The van der Waals surface area contributed by atoms with Crippen molar-refractivity contribution in [1.29, 1.82) is 0 Å². The Hall–Kier alpha value is -4.00. The zero-order valence-electron chi connectivity index (χ0n) is 29.8. The number of hydrogen-bond acceptors (Lipinski definition) is 7. The molecule has 47 heavy (non-hydrogen) atoms. The van der Waals surface area contributed by atoms with E-state index in [1.807, 2.05) is 34.6 Å². The van der Waals surface area contributed by atoms with Gasteiger partial charge in [0.25, 0.3) is 0 Å². The van der Waals surface area contributed by atoms with Crippen LogP contribution < -0.4 is 26.6 Å². The van der Waals surface area contributed by atoms with Crippen LogP contribution in [-0.4, -0.2) is 83.5 Å². The van der Waals surface area contributed by atoms with Gasteiger partial charge in [-0.1, -0.05) is 64.2 Å². The second-order valence-electron chi connectivity index (χ2n) is 10.7. The van der Waals surface area contributed by atoms with Crippen LogP contribution in [0.15, 0.2) is 36.5 Å². The first-order chi connectivity index (χ1) is 22.2. The quantitative estimate of drug-likeness (QED) is 0.0627. The molecule has 3 atom stereocenters. The van der Waals surface area contributed by atoms with Crippen molar-refractivity contribution in [3.8, 4) is 0 Å². The molecule has 0 bridgehead atoms. The van der Waals surface area contributed by atoms with Gasteiger partial charge in [-0.15, -0.1) is 0 Å². The molecule has 0 saturated heterocycles. The van der Waals surface area contributed by atoms with Crippen LogP contribution in [0.25, 0.3) is 0 Å². The van der Waals surface area contributed by atoms with Crippen LogP contribution in [0.2, 0.25) is 0 Å². The van der Waals surface area contributed by atoms with Crippen molar-refractivity contribution in [2.45, 2.75) is 130 Å². The topological polar surface area (TPSA) is 203 Å². The Bertz CT molecular complexity index is 1030. The molecule has 0 saturated carbocycles. The lowest BCUT2D eigenvalue weighted by Gasteiger charge is -2.23. The van der Waals surface area contributed by atoms with Gasteiger partial charge in [-0.3, -0.25) is 24.0 Å². The van der Waals surface area contributed by atoms with Gasteiger partial charge in [-0.05, 0) is 72.9 Å². The SMILES string of the molecule is C=C(C)/C=C\C(=C)CCCC(=O)NC(CCC(=O)O)C(=O)NC(CC(=O)NC(CCCCNC)C(=O)NC(C)C)C(=O)O.CC.CC. The molecule has 0 radical (unpaired) electrons. The molecule has 13 nitrogen and oxygen atoms in total. The van der Waals surface area contributed by atoms with Crippen molar-refractivity contribution in [2.24, 2.45) is 0 Å². The number of allylic oxidation sites excluding steroid dienone is 4. The van der Waals surface area contributed by atoms with Gasteiger partial charge in [-0.25, -0.2) is 4.79 Å². The van der Waals surface area contributed by atoms with Crippen molar-refractivity contribution < 1.29 is 39.0 Å². The van der Waals surface area contributed by atoms with E-state index in [4.69, 9.17) is 5.11 Å². The first-order valence-corrected chi connectivity index (χ1v) is 16.5. The molecule has 0 aromatic rings. The summed E-state index contributed by atoms with van der Waals surface area (Å²) >= 11 is 0.